The molecular formula is C17H26BrN. The standard InChI is InChI=1S/C17H26BrN/c1-3-13-9-11-14(12-10-13)17(19-4-2)15-7-5-6-8-16(15)18/h5-8,13-14,17,19H,3-4,9-12H2,1-2H3. The average Bonchev–Trinajstić information content (AvgIpc) is 2.46. The van der Waals surface area contributed by atoms with Gasteiger partial charge in [0.2, 0.25) is 0 Å². The van der Waals surface area contributed by atoms with Crippen LogP contribution in [0.15, 0.2) is 28.7 Å². The Morgan fingerprint density at radius 1 is 1.16 bits per heavy atom. The molecule has 1 aromatic carbocycles. The van der Waals surface area contributed by atoms with Crippen molar-refractivity contribution in [2.75, 3.05) is 6.54 Å². The van der Waals surface area contributed by atoms with Crippen LogP contribution in [0.3, 0.4) is 0 Å². The molecule has 1 aromatic rings. The van der Waals surface area contributed by atoms with E-state index in [-0.39, 0.29) is 0 Å². The normalized spacial score (nSPS) is 25.2. The predicted molar refractivity (Wildman–Crippen MR) is 86.3 cm³/mol. The zero-order chi connectivity index (χ0) is 13.7. The third kappa shape index (κ3) is 3.82. The molecular weight excluding hydrogens is 298 g/mol. The van der Waals surface area contributed by atoms with Gasteiger partial charge in [-0.25, -0.2) is 0 Å². The Bertz CT molecular complexity index is 383. The van der Waals surface area contributed by atoms with E-state index >= 15 is 0 Å². The Morgan fingerprint density at radius 2 is 1.84 bits per heavy atom. The summed E-state index contributed by atoms with van der Waals surface area (Å²) in [7, 11) is 0. The summed E-state index contributed by atoms with van der Waals surface area (Å²) in [6.07, 6.45) is 6.92. The van der Waals surface area contributed by atoms with Gasteiger partial charge in [0.1, 0.15) is 0 Å². The van der Waals surface area contributed by atoms with Crippen molar-refractivity contribution < 1.29 is 0 Å². The van der Waals surface area contributed by atoms with Crippen LogP contribution >= 0.6 is 15.9 Å². The maximum atomic E-state index is 3.72. The summed E-state index contributed by atoms with van der Waals surface area (Å²) in [5, 5.41) is 3.71. The molecule has 1 unspecified atom stereocenters. The van der Waals surface area contributed by atoms with Crippen molar-refractivity contribution in [1.82, 2.24) is 5.32 Å². The molecule has 19 heavy (non-hydrogen) atoms. The van der Waals surface area contributed by atoms with Gasteiger partial charge in [0.25, 0.3) is 0 Å². The summed E-state index contributed by atoms with van der Waals surface area (Å²) in [5.41, 5.74) is 1.43. The summed E-state index contributed by atoms with van der Waals surface area (Å²) in [6, 6.07) is 9.20. The molecule has 0 aromatic heterocycles. The van der Waals surface area contributed by atoms with Crippen molar-refractivity contribution in [3.8, 4) is 0 Å². The highest BCUT2D eigenvalue weighted by Gasteiger charge is 2.28. The van der Waals surface area contributed by atoms with Crippen molar-refractivity contribution in [2.24, 2.45) is 11.8 Å². The molecule has 1 fully saturated rings. The minimum Gasteiger partial charge on any atom is -0.310 e. The molecule has 0 bridgehead atoms. The largest absolute Gasteiger partial charge is 0.310 e. The molecule has 0 amide bonds. The maximum Gasteiger partial charge on any atom is 0.0359 e. The smallest absolute Gasteiger partial charge is 0.0359 e. The van der Waals surface area contributed by atoms with E-state index in [9.17, 15) is 0 Å². The van der Waals surface area contributed by atoms with E-state index in [1.165, 1.54) is 42.1 Å². The predicted octanol–water partition coefficient (Wildman–Crippen LogP) is 5.32. The summed E-state index contributed by atoms with van der Waals surface area (Å²) in [6.45, 7) is 5.59. The monoisotopic (exact) mass is 323 g/mol. The van der Waals surface area contributed by atoms with Crippen LogP contribution in [-0.4, -0.2) is 6.54 Å². The summed E-state index contributed by atoms with van der Waals surface area (Å²) in [5.74, 6) is 1.76. The van der Waals surface area contributed by atoms with Crippen LogP contribution in [0.1, 0.15) is 57.6 Å². The SMILES string of the molecule is CCNC(c1ccccc1Br)C1CCC(CC)CC1. The van der Waals surface area contributed by atoms with Gasteiger partial charge in [0.15, 0.2) is 0 Å². The Kier molecular flexibility index (Phi) is 5.90. The molecule has 2 heteroatoms. The van der Waals surface area contributed by atoms with Gasteiger partial charge >= 0.3 is 0 Å². The van der Waals surface area contributed by atoms with E-state index < -0.39 is 0 Å². The van der Waals surface area contributed by atoms with E-state index in [0.717, 1.165) is 18.4 Å². The first kappa shape index (κ1) is 15.1. The molecule has 1 aliphatic rings. The molecule has 1 aliphatic carbocycles. The number of hydrogen-bond donors (Lipinski definition) is 1. The zero-order valence-electron chi connectivity index (χ0n) is 12.2. The lowest BCUT2D eigenvalue weighted by Crippen LogP contribution is -2.31. The summed E-state index contributed by atoms with van der Waals surface area (Å²) in [4.78, 5) is 0. The topological polar surface area (TPSA) is 12.0 Å². The van der Waals surface area contributed by atoms with Gasteiger partial charge < -0.3 is 5.32 Å². The van der Waals surface area contributed by atoms with Crippen molar-refractivity contribution in [3.63, 3.8) is 0 Å². The second-order valence-corrected chi connectivity index (χ2v) is 6.60. The van der Waals surface area contributed by atoms with Gasteiger partial charge in [-0.15, -0.1) is 0 Å². The maximum absolute atomic E-state index is 3.72. The average molecular weight is 324 g/mol. The van der Waals surface area contributed by atoms with E-state index in [4.69, 9.17) is 0 Å². The van der Waals surface area contributed by atoms with E-state index in [1.807, 2.05) is 0 Å². The highest BCUT2D eigenvalue weighted by molar-refractivity contribution is 9.10. The second kappa shape index (κ2) is 7.44. The Labute approximate surface area is 126 Å². The molecule has 1 saturated carbocycles. The lowest BCUT2D eigenvalue weighted by Gasteiger charge is -2.34. The van der Waals surface area contributed by atoms with Crippen molar-refractivity contribution >= 4 is 15.9 Å². The van der Waals surface area contributed by atoms with Crippen LogP contribution in [0, 0.1) is 11.8 Å². The molecule has 106 valence electrons. The van der Waals surface area contributed by atoms with Gasteiger partial charge in [-0.1, -0.05) is 67.2 Å². The lowest BCUT2D eigenvalue weighted by molar-refractivity contribution is 0.220. The van der Waals surface area contributed by atoms with E-state index in [2.05, 4.69) is 59.4 Å². The molecule has 1 atom stereocenters. The quantitative estimate of drug-likeness (QED) is 0.773. The second-order valence-electron chi connectivity index (χ2n) is 5.75. The van der Waals surface area contributed by atoms with Crippen LogP contribution in [-0.2, 0) is 0 Å². The third-order valence-corrected chi connectivity index (χ3v) is 5.33. The fraction of sp³-hybridized carbons (Fsp3) is 0.647. The molecule has 2 rings (SSSR count). The van der Waals surface area contributed by atoms with Crippen LogP contribution in [0.2, 0.25) is 0 Å². The van der Waals surface area contributed by atoms with Gasteiger partial charge in [-0.2, -0.15) is 0 Å². The Morgan fingerprint density at radius 3 is 2.42 bits per heavy atom. The molecule has 0 spiro atoms. The van der Waals surface area contributed by atoms with Crippen LogP contribution in [0.25, 0.3) is 0 Å². The van der Waals surface area contributed by atoms with E-state index in [1.54, 1.807) is 0 Å². The number of benzene rings is 1. The minimum absolute atomic E-state index is 0.512. The van der Waals surface area contributed by atoms with Crippen molar-refractivity contribution in [3.05, 3.63) is 34.3 Å². The highest BCUT2D eigenvalue weighted by atomic mass is 79.9. The first-order valence-electron chi connectivity index (χ1n) is 7.74. The summed E-state index contributed by atoms with van der Waals surface area (Å²) < 4.78 is 1.25. The molecule has 0 heterocycles. The molecule has 0 aliphatic heterocycles. The lowest BCUT2D eigenvalue weighted by atomic mass is 9.76. The minimum atomic E-state index is 0.512. The van der Waals surface area contributed by atoms with Crippen molar-refractivity contribution in [2.45, 2.75) is 52.0 Å². The molecule has 0 radical (unpaired) electrons. The molecule has 1 nitrogen and oxygen atoms in total. The number of hydrogen-bond acceptors (Lipinski definition) is 1. The number of halogens is 1. The fourth-order valence-corrected chi connectivity index (χ4v) is 3.94. The first-order valence-corrected chi connectivity index (χ1v) is 8.53. The fourth-order valence-electron chi connectivity index (χ4n) is 3.41. The van der Waals surface area contributed by atoms with Gasteiger partial charge in [-0.3, -0.25) is 0 Å². The van der Waals surface area contributed by atoms with E-state index in [0.29, 0.717) is 6.04 Å². The Balaban J connectivity index is 2.10. The first-order chi connectivity index (χ1) is 9.26. The third-order valence-electron chi connectivity index (χ3n) is 4.60. The van der Waals surface area contributed by atoms with Gasteiger partial charge in [0.05, 0.1) is 0 Å². The Hall–Kier alpha value is -0.340. The summed E-state index contributed by atoms with van der Waals surface area (Å²) >= 11 is 3.72. The highest BCUT2D eigenvalue weighted by Crippen LogP contribution is 2.39. The van der Waals surface area contributed by atoms with Crippen molar-refractivity contribution in [1.29, 1.82) is 0 Å². The van der Waals surface area contributed by atoms with Crippen LogP contribution < -0.4 is 5.32 Å². The van der Waals surface area contributed by atoms with Crippen LogP contribution in [0.4, 0.5) is 0 Å². The zero-order valence-corrected chi connectivity index (χ0v) is 13.7. The van der Waals surface area contributed by atoms with Crippen LogP contribution in [0.5, 0.6) is 0 Å². The molecule has 0 saturated heterocycles. The molecule has 1 N–H and O–H groups in total. The van der Waals surface area contributed by atoms with Gasteiger partial charge in [0, 0.05) is 10.5 Å². The number of rotatable bonds is 5. The number of nitrogens with one attached hydrogen (secondary N) is 1. The van der Waals surface area contributed by atoms with Gasteiger partial charge in [-0.05, 0) is 42.9 Å².